The summed E-state index contributed by atoms with van der Waals surface area (Å²) in [6, 6.07) is 22.1. The molecule has 1 aliphatic heterocycles. The number of amides is 1. The minimum absolute atomic E-state index is 0.0965. The van der Waals surface area contributed by atoms with Crippen molar-refractivity contribution in [2.24, 2.45) is 0 Å². The third-order valence-corrected chi connectivity index (χ3v) is 5.05. The normalized spacial score (nSPS) is 14.1. The highest BCUT2D eigenvalue weighted by atomic mass is 16.7. The van der Waals surface area contributed by atoms with E-state index in [1.54, 1.807) is 13.2 Å². The third kappa shape index (κ3) is 4.39. The highest BCUT2D eigenvalue weighted by Gasteiger charge is 2.24. The van der Waals surface area contributed by atoms with Crippen LogP contribution < -0.4 is 24.8 Å². The van der Waals surface area contributed by atoms with Gasteiger partial charge in [-0.25, -0.2) is 0 Å². The van der Waals surface area contributed by atoms with Crippen molar-refractivity contribution >= 4 is 11.6 Å². The summed E-state index contributed by atoms with van der Waals surface area (Å²) in [4.78, 5) is 13.2. The van der Waals surface area contributed by atoms with Crippen molar-refractivity contribution in [1.82, 2.24) is 5.32 Å². The number of methoxy groups -OCH3 is 1. The molecule has 0 fully saturated rings. The van der Waals surface area contributed by atoms with Crippen molar-refractivity contribution in [1.29, 1.82) is 0 Å². The second-order valence-electron chi connectivity index (χ2n) is 7.07. The number of rotatable bonds is 7. The largest absolute Gasteiger partial charge is 0.497 e. The molecule has 1 amide bonds. The van der Waals surface area contributed by atoms with Gasteiger partial charge in [-0.1, -0.05) is 42.5 Å². The van der Waals surface area contributed by atoms with E-state index in [4.69, 9.17) is 14.2 Å². The summed E-state index contributed by atoms with van der Waals surface area (Å²) in [7, 11) is 1.60. The fourth-order valence-electron chi connectivity index (χ4n) is 3.41. The van der Waals surface area contributed by atoms with E-state index in [9.17, 15) is 4.79 Å². The molecule has 0 saturated heterocycles. The Morgan fingerprint density at radius 2 is 1.73 bits per heavy atom. The van der Waals surface area contributed by atoms with Gasteiger partial charge >= 0.3 is 0 Å². The van der Waals surface area contributed by atoms with Crippen LogP contribution in [0.2, 0.25) is 0 Å². The molecule has 154 valence electrons. The highest BCUT2D eigenvalue weighted by molar-refractivity contribution is 5.95. The van der Waals surface area contributed by atoms with E-state index in [0.717, 1.165) is 22.6 Å². The van der Waals surface area contributed by atoms with Crippen LogP contribution in [0.25, 0.3) is 0 Å². The Labute approximate surface area is 175 Å². The maximum absolute atomic E-state index is 13.2. The monoisotopic (exact) mass is 404 g/mol. The van der Waals surface area contributed by atoms with Crippen LogP contribution in [0.3, 0.4) is 0 Å². The number of hydrogen-bond donors (Lipinski definition) is 2. The second-order valence-corrected chi connectivity index (χ2v) is 7.07. The molecule has 2 atom stereocenters. The van der Waals surface area contributed by atoms with Gasteiger partial charge in [-0.3, -0.25) is 10.1 Å². The van der Waals surface area contributed by atoms with Crippen molar-refractivity contribution < 1.29 is 19.0 Å². The van der Waals surface area contributed by atoms with Crippen molar-refractivity contribution in [3.8, 4) is 17.2 Å². The number of benzene rings is 3. The Hall–Kier alpha value is -3.51. The van der Waals surface area contributed by atoms with Crippen LogP contribution in [-0.2, 0) is 4.79 Å². The summed E-state index contributed by atoms with van der Waals surface area (Å²) in [5, 5.41) is 6.44. The lowest BCUT2D eigenvalue weighted by Crippen LogP contribution is -2.34. The molecule has 6 heteroatoms. The van der Waals surface area contributed by atoms with Crippen LogP contribution in [0.15, 0.2) is 72.8 Å². The Kier molecular flexibility index (Phi) is 5.86. The first-order valence-corrected chi connectivity index (χ1v) is 9.79. The lowest BCUT2D eigenvalue weighted by atomic mass is 10.0. The lowest BCUT2D eigenvalue weighted by Gasteiger charge is -2.24. The quantitative estimate of drug-likeness (QED) is 0.609. The zero-order valence-electron chi connectivity index (χ0n) is 16.9. The van der Waals surface area contributed by atoms with Crippen molar-refractivity contribution in [2.45, 2.75) is 19.0 Å². The molecule has 3 aromatic rings. The first-order chi connectivity index (χ1) is 14.6. The Morgan fingerprint density at radius 3 is 2.53 bits per heavy atom. The Bertz CT molecular complexity index is 1020. The molecule has 30 heavy (non-hydrogen) atoms. The highest BCUT2D eigenvalue weighted by Crippen LogP contribution is 2.34. The number of carbonyl (C=O) groups excluding carboxylic acids is 1. The molecule has 0 aliphatic carbocycles. The maximum atomic E-state index is 13.2. The SMILES string of the molecule is COc1cccc(NC(=O)[C@H](N[C@@H](C)c2ccc3c(c2)OCO3)c2ccccc2)c1. The molecule has 0 unspecified atom stereocenters. The van der Waals surface area contributed by atoms with Crippen molar-refractivity contribution in [3.05, 3.63) is 83.9 Å². The van der Waals surface area contributed by atoms with Crippen LogP contribution in [-0.4, -0.2) is 19.8 Å². The van der Waals surface area contributed by atoms with E-state index < -0.39 is 6.04 Å². The molecule has 2 N–H and O–H groups in total. The summed E-state index contributed by atoms with van der Waals surface area (Å²) in [5.74, 6) is 1.99. The number of anilines is 1. The maximum Gasteiger partial charge on any atom is 0.246 e. The summed E-state index contributed by atoms with van der Waals surface area (Å²) >= 11 is 0. The minimum Gasteiger partial charge on any atom is -0.497 e. The Morgan fingerprint density at radius 1 is 0.933 bits per heavy atom. The van der Waals surface area contributed by atoms with Gasteiger partial charge in [0.2, 0.25) is 12.7 Å². The molecule has 0 bridgehead atoms. The number of fused-ring (bicyclic) bond motifs is 1. The first-order valence-electron chi connectivity index (χ1n) is 9.79. The molecule has 4 rings (SSSR count). The van der Waals surface area contributed by atoms with E-state index in [1.165, 1.54) is 0 Å². The molecule has 1 heterocycles. The summed E-state index contributed by atoms with van der Waals surface area (Å²) in [5.41, 5.74) is 2.57. The number of ether oxygens (including phenoxy) is 3. The second kappa shape index (κ2) is 8.88. The topological polar surface area (TPSA) is 68.8 Å². The molecule has 3 aromatic carbocycles. The molecule has 0 aromatic heterocycles. The summed E-state index contributed by atoms with van der Waals surface area (Å²) in [6.07, 6.45) is 0. The number of carbonyl (C=O) groups is 1. The fraction of sp³-hybridized carbons (Fsp3) is 0.208. The number of nitrogens with one attached hydrogen (secondary N) is 2. The zero-order valence-corrected chi connectivity index (χ0v) is 16.9. The van der Waals surface area contributed by atoms with Gasteiger partial charge in [-0.15, -0.1) is 0 Å². The van der Waals surface area contributed by atoms with E-state index in [1.807, 2.05) is 73.7 Å². The minimum atomic E-state index is -0.544. The lowest BCUT2D eigenvalue weighted by molar-refractivity contribution is -0.118. The predicted octanol–water partition coefficient (Wildman–Crippen LogP) is 4.45. The van der Waals surface area contributed by atoms with Gasteiger partial charge in [0.15, 0.2) is 11.5 Å². The van der Waals surface area contributed by atoms with E-state index in [-0.39, 0.29) is 18.7 Å². The summed E-state index contributed by atoms with van der Waals surface area (Å²) in [6.45, 7) is 2.25. The van der Waals surface area contributed by atoms with Crippen LogP contribution in [0.5, 0.6) is 17.2 Å². The molecule has 0 radical (unpaired) electrons. The first kappa shape index (κ1) is 19.8. The predicted molar refractivity (Wildman–Crippen MR) is 115 cm³/mol. The standard InChI is InChI=1S/C24H24N2O4/c1-16(18-11-12-21-22(13-18)30-15-29-21)25-23(17-7-4-3-5-8-17)24(27)26-19-9-6-10-20(14-19)28-2/h3-14,16,23,25H,15H2,1-2H3,(H,26,27)/t16-,23+/m0/s1. The van der Waals surface area contributed by atoms with Gasteiger partial charge in [-0.2, -0.15) is 0 Å². The average molecular weight is 404 g/mol. The summed E-state index contributed by atoms with van der Waals surface area (Å²) < 4.78 is 16.1. The van der Waals surface area contributed by atoms with E-state index >= 15 is 0 Å². The molecular weight excluding hydrogens is 380 g/mol. The van der Waals surface area contributed by atoms with Gasteiger partial charge in [0.1, 0.15) is 11.8 Å². The van der Waals surface area contributed by atoms with Gasteiger partial charge in [-0.05, 0) is 42.3 Å². The van der Waals surface area contributed by atoms with Gasteiger partial charge in [0.05, 0.1) is 7.11 Å². The molecular formula is C24H24N2O4. The van der Waals surface area contributed by atoms with Crippen LogP contribution in [0, 0.1) is 0 Å². The fourth-order valence-corrected chi connectivity index (χ4v) is 3.41. The van der Waals surface area contributed by atoms with Crippen molar-refractivity contribution in [3.63, 3.8) is 0 Å². The molecule has 1 aliphatic rings. The van der Waals surface area contributed by atoms with E-state index in [2.05, 4.69) is 10.6 Å². The van der Waals surface area contributed by atoms with Crippen LogP contribution >= 0.6 is 0 Å². The zero-order chi connectivity index (χ0) is 20.9. The van der Waals surface area contributed by atoms with Gasteiger partial charge in [0.25, 0.3) is 0 Å². The van der Waals surface area contributed by atoms with Crippen molar-refractivity contribution in [2.75, 3.05) is 19.2 Å². The van der Waals surface area contributed by atoms with Crippen LogP contribution in [0.1, 0.15) is 30.1 Å². The average Bonchev–Trinajstić information content (AvgIpc) is 3.26. The van der Waals surface area contributed by atoms with Gasteiger partial charge < -0.3 is 19.5 Å². The van der Waals surface area contributed by atoms with Crippen LogP contribution in [0.4, 0.5) is 5.69 Å². The molecule has 0 spiro atoms. The number of hydrogen-bond acceptors (Lipinski definition) is 5. The smallest absolute Gasteiger partial charge is 0.246 e. The van der Waals surface area contributed by atoms with Gasteiger partial charge in [0, 0.05) is 17.8 Å². The Balaban J connectivity index is 1.56. The molecule has 6 nitrogen and oxygen atoms in total. The van der Waals surface area contributed by atoms with E-state index in [0.29, 0.717) is 11.4 Å². The third-order valence-electron chi connectivity index (χ3n) is 5.05. The molecule has 0 saturated carbocycles.